The number of carbonyl (C=O) groups excluding carboxylic acids is 1. The molecule has 0 unspecified atom stereocenters. The molecule has 0 saturated heterocycles. The summed E-state index contributed by atoms with van der Waals surface area (Å²) < 4.78 is 7.67. The van der Waals surface area contributed by atoms with Crippen LogP contribution in [-0.2, 0) is 9.53 Å². The first-order chi connectivity index (χ1) is 17.7. The van der Waals surface area contributed by atoms with E-state index in [0.717, 1.165) is 26.9 Å². The Morgan fingerprint density at radius 3 is 2.69 bits per heavy atom. The molecule has 178 valence electrons. The normalized spacial score (nSPS) is 15.7. The number of thiophene rings is 1. The zero-order valence-electron chi connectivity index (χ0n) is 19.3. The maximum atomic E-state index is 13.9. The van der Waals surface area contributed by atoms with E-state index >= 15 is 0 Å². The van der Waals surface area contributed by atoms with E-state index in [0.29, 0.717) is 20.6 Å². The summed E-state index contributed by atoms with van der Waals surface area (Å²) in [6.07, 6.45) is 3.80. The number of fused-ring (bicyclic) bond motifs is 2. The molecule has 1 aliphatic rings. The second-order valence-corrected chi connectivity index (χ2v) is 10.2. The molecule has 0 spiro atoms. The number of benzene rings is 2. The Bertz CT molecular complexity index is 1790. The van der Waals surface area contributed by atoms with Crippen molar-refractivity contribution in [1.29, 1.82) is 0 Å². The number of thiazole rings is 1. The molecule has 36 heavy (non-hydrogen) atoms. The van der Waals surface area contributed by atoms with Crippen LogP contribution in [0.4, 0.5) is 0 Å². The summed E-state index contributed by atoms with van der Waals surface area (Å²) in [5.74, 6) is -0.468. The van der Waals surface area contributed by atoms with Crippen LogP contribution >= 0.6 is 22.7 Å². The van der Waals surface area contributed by atoms with Gasteiger partial charge in [-0.05, 0) is 30.5 Å². The molecule has 1 aliphatic heterocycles. The summed E-state index contributed by atoms with van der Waals surface area (Å²) >= 11 is 2.83. The van der Waals surface area contributed by atoms with Gasteiger partial charge in [0.25, 0.3) is 5.56 Å². The summed E-state index contributed by atoms with van der Waals surface area (Å²) in [5, 5.41) is 2.98. The van der Waals surface area contributed by atoms with Crippen molar-refractivity contribution in [2.45, 2.75) is 13.0 Å². The highest BCUT2D eigenvalue weighted by molar-refractivity contribution is 7.10. The third-order valence-corrected chi connectivity index (χ3v) is 8.00. The van der Waals surface area contributed by atoms with Crippen LogP contribution < -0.4 is 14.9 Å². The number of hydrogen-bond acceptors (Lipinski definition) is 6. The third-order valence-electron chi connectivity index (χ3n) is 6.09. The molecule has 2 aromatic carbocycles. The number of hydrogen-bond donors (Lipinski definition) is 1. The van der Waals surface area contributed by atoms with Crippen molar-refractivity contribution in [3.05, 3.63) is 120 Å². The maximum Gasteiger partial charge on any atom is 0.338 e. The van der Waals surface area contributed by atoms with Gasteiger partial charge >= 0.3 is 5.97 Å². The van der Waals surface area contributed by atoms with Gasteiger partial charge in [0.05, 0.1) is 22.4 Å². The number of carbonyl (C=O) groups is 1. The van der Waals surface area contributed by atoms with Gasteiger partial charge in [0.1, 0.15) is 6.04 Å². The lowest BCUT2D eigenvalue weighted by atomic mass is 9.97. The van der Waals surface area contributed by atoms with E-state index < -0.39 is 12.0 Å². The minimum atomic E-state index is -0.624. The first-order valence-corrected chi connectivity index (χ1v) is 13.2. The van der Waals surface area contributed by atoms with Crippen LogP contribution in [0.25, 0.3) is 22.7 Å². The molecule has 1 atom stereocenters. The van der Waals surface area contributed by atoms with Gasteiger partial charge in [-0.15, -0.1) is 11.3 Å². The molecule has 0 amide bonds. The summed E-state index contributed by atoms with van der Waals surface area (Å²) in [4.78, 5) is 36.8. The van der Waals surface area contributed by atoms with Crippen LogP contribution in [0.3, 0.4) is 0 Å². The second kappa shape index (κ2) is 9.22. The van der Waals surface area contributed by atoms with Crippen LogP contribution in [0.1, 0.15) is 29.0 Å². The van der Waals surface area contributed by atoms with Gasteiger partial charge < -0.3 is 9.72 Å². The average molecular weight is 512 g/mol. The quantitative estimate of drug-likeness (QED) is 0.354. The lowest BCUT2D eigenvalue weighted by molar-refractivity contribution is -0.138. The van der Waals surface area contributed by atoms with Crippen molar-refractivity contribution in [3.8, 4) is 0 Å². The number of H-pyrrole nitrogens is 1. The Morgan fingerprint density at radius 2 is 1.92 bits per heavy atom. The summed E-state index contributed by atoms with van der Waals surface area (Å²) in [5.41, 5.74) is 3.46. The molecule has 8 heteroatoms. The van der Waals surface area contributed by atoms with Crippen molar-refractivity contribution in [3.63, 3.8) is 0 Å². The van der Waals surface area contributed by atoms with Crippen LogP contribution in [0.5, 0.6) is 0 Å². The van der Waals surface area contributed by atoms with Gasteiger partial charge in [0, 0.05) is 33.1 Å². The van der Waals surface area contributed by atoms with Crippen LogP contribution in [-0.4, -0.2) is 22.1 Å². The van der Waals surface area contributed by atoms with Gasteiger partial charge in [-0.25, -0.2) is 9.79 Å². The van der Waals surface area contributed by atoms with E-state index in [2.05, 4.69) is 4.98 Å². The number of nitrogens with zero attached hydrogens (tertiary/aromatic N) is 2. The molecular weight excluding hydrogens is 490 g/mol. The fraction of sp³-hybridized carbons (Fsp3) is 0.107. The third kappa shape index (κ3) is 3.75. The summed E-state index contributed by atoms with van der Waals surface area (Å²) in [6, 6.07) is 20.8. The molecule has 1 N–H and O–H groups in total. The maximum absolute atomic E-state index is 13.9. The van der Waals surface area contributed by atoms with Gasteiger partial charge in [-0.2, -0.15) is 0 Å². The topological polar surface area (TPSA) is 76.4 Å². The van der Waals surface area contributed by atoms with Gasteiger partial charge in [-0.1, -0.05) is 65.9 Å². The number of esters is 1. The van der Waals surface area contributed by atoms with Crippen molar-refractivity contribution in [2.24, 2.45) is 4.99 Å². The predicted octanol–water partition coefficient (Wildman–Crippen LogP) is 4.48. The molecule has 3 aromatic heterocycles. The smallest absolute Gasteiger partial charge is 0.338 e. The lowest BCUT2D eigenvalue weighted by Crippen LogP contribution is -2.39. The number of aromatic amines is 1. The largest absolute Gasteiger partial charge is 0.463 e. The Balaban J connectivity index is 1.64. The molecule has 0 aliphatic carbocycles. The first-order valence-electron chi connectivity index (χ1n) is 11.5. The average Bonchev–Trinajstić information content (AvgIpc) is 3.64. The summed E-state index contributed by atoms with van der Waals surface area (Å²) in [7, 11) is 0. The molecule has 5 aromatic rings. The Kier molecular flexibility index (Phi) is 5.75. The number of nitrogens with one attached hydrogen (secondary N) is 1. The van der Waals surface area contributed by atoms with E-state index in [4.69, 9.17) is 9.73 Å². The van der Waals surface area contributed by atoms with E-state index in [1.165, 1.54) is 22.7 Å². The molecule has 4 heterocycles. The predicted molar refractivity (Wildman–Crippen MR) is 144 cm³/mol. The zero-order chi connectivity index (χ0) is 24.6. The van der Waals surface area contributed by atoms with Gasteiger partial charge in [0.15, 0.2) is 4.80 Å². The molecule has 6 rings (SSSR count). The fourth-order valence-electron chi connectivity index (χ4n) is 4.51. The minimum absolute atomic E-state index is 0.184. The molecule has 0 bridgehead atoms. The van der Waals surface area contributed by atoms with Crippen molar-refractivity contribution in [2.75, 3.05) is 6.61 Å². The monoisotopic (exact) mass is 511 g/mol. The number of rotatable bonds is 5. The summed E-state index contributed by atoms with van der Waals surface area (Å²) in [6.45, 7) is 2.00. The standard InChI is InChI=1S/C28H21N3O3S2/c1-2-34-27(33)23-24(17-9-4-3-5-10-17)30-28-31(25(23)21-13-8-14-35-21)26(32)22(36-28)15-18-16-29-20-12-7-6-11-19(18)20/h3-16,25,29H,2H2,1H3/b22-15+/t25-/m1/s1. The molecular formula is C28H21N3O3S2. The highest BCUT2D eigenvalue weighted by atomic mass is 32.1. The molecule has 0 saturated carbocycles. The fourth-order valence-corrected chi connectivity index (χ4v) is 6.33. The van der Waals surface area contributed by atoms with Crippen molar-refractivity contribution >= 4 is 51.3 Å². The van der Waals surface area contributed by atoms with Crippen LogP contribution in [0, 0.1) is 0 Å². The molecule has 0 radical (unpaired) electrons. The highest BCUT2D eigenvalue weighted by Gasteiger charge is 2.35. The van der Waals surface area contributed by atoms with E-state index in [-0.39, 0.29) is 12.2 Å². The number of ether oxygens (including phenoxy) is 1. The Labute approximate surface area is 214 Å². The first kappa shape index (κ1) is 22.5. The highest BCUT2D eigenvalue weighted by Crippen LogP contribution is 2.36. The number of para-hydroxylation sites is 1. The Hall–Kier alpha value is -4.01. The lowest BCUT2D eigenvalue weighted by Gasteiger charge is -2.24. The molecule has 6 nitrogen and oxygen atoms in total. The molecule has 0 fully saturated rings. The zero-order valence-corrected chi connectivity index (χ0v) is 20.9. The minimum Gasteiger partial charge on any atom is -0.463 e. The van der Waals surface area contributed by atoms with Gasteiger partial charge in [-0.3, -0.25) is 9.36 Å². The number of aromatic nitrogens is 2. The second-order valence-electron chi connectivity index (χ2n) is 8.24. The van der Waals surface area contributed by atoms with Crippen molar-refractivity contribution < 1.29 is 9.53 Å². The van der Waals surface area contributed by atoms with Gasteiger partial charge in [0.2, 0.25) is 0 Å². The van der Waals surface area contributed by atoms with Crippen LogP contribution in [0.2, 0.25) is 0 Å². The van der Waals surface area contributed by atoms with E-state index in [9.17, 15) is 9.59 Å². The van der Waals surface area contributed by atoms with E-state index in [1.54, 1.807) is 11.5 Å². The Morgan fingerprint density at radius 1 is 1.11 bits per heavy atom. The van der Waals surface area contributed by atoms with Crippen LogP contribution in [0.15, 0.2) is 93.7 Å². The SMILES string of the molecule is CCOC(=O)C1=C(c2ccccc2)N=c2s/c(=C/c3c[nH]c4ccccc34)c(=O)n2[C@@H]1c1cccs1. The van der Waals surface area contributed by atoms with Crippen molar-refractivity contribution in [1.82, 2.24) is 9.55 Å². The van der Waals surface area contributed by atoms with E-state index in [1.807, 2.05) is 84.4 Å².